The van der Waals surface area contributed by atoms with Crippen LogP contribution in [0.2, 0.25) is 0 Å². The highest BCUT2D eigenvalue weighted by atomic mass is 32.1. The highest BCUT2D eigenvalue weighted by Gasteiger charge is 2.12. The quantitative estimate of drug-likeness (QED) is 0.390. The number of hydrazone groups is 1. The van der Waals surface area contributed by atoms with Crippen LogP contribution >= 0.6 is 11.3 Å². The zero-order valence-corrected chi connectivity index (χ0v) is 16.1. The van der Waals surface area contributed by atoms with Crippen molar-refractivity contribution in [3.05, 3.63) is 40.1 Å². The van der Waals surface area contributed by atoms with Gasteiger partial charge in [0.2, 0.25) is 11.7 Å². The molecule has 6 nitrogen and oxygen atoms in total. The van der Waals surface area contributed by atoms with Gasteiger partial charge in [0, 0.05) is 16.9 Å². The van der Waals surface area contributed by atoms with Gasteiger partial charge in [-0.3, -0.25) is 4.79 Å². The summed E-state index contributed by atoms with van der Waals surface area (Å²) in [5.41, 5.74) is 3.28. The normalized spacial score (nSPS) is 10.7. The molecule has 0 fully saturated rings. The molecule has 0 saturated carbocycles. The Labute approximate surface area is 157 Å². The third kappa shape index (κ3) is 5.77. The fraction of sp³-hybridized carbons (Fsp3) is 0.368. The summed E-state index contributed by atoms with van der Waals surface area (Å²) in [5, 5.41) is 6.07. The van der Waals surface area contributed by atoms with Crippen LogP contribution in [0, 0.1) is 0 Å². The van der Waals surface area contributed by atoms with E-state index in [1.807, 2.05) is 6.07 Å². The van der Waals surface area contributed by atoms with E-state index in [0.29, 0.717) is 23.7 Å². The maximum absolute atomic E-state index is 11.8. The molecule has 0 aliphatic rings. The standard InChI is InChI=1S/C19H24N2O4S/c1-23-16-11-14(12-17(24-2)19(16)25-3)13-20-21-18(22)9-5-4-7-15-8-6-10-26-15/h6,8,10-13H,4-5,7,9H2,1-3H3,(H,21,22)/b20-13+. The van der Waals surface area contributed by atoms with E-state index < -0.39 is 0 Å². The molecule has 1 aromatic carbocycles. The number of methoxy groups -OCH3 is 3. The molecule has 0 aliphatic carbocycles. The predicted molar refractivity (Wildman–Crippen MR) is 104 cm³/mol. The van der Waals surface area contributed by atoms with Crippen LogP contribution in [0.15, 0.2) is 34.7 Å². The zero-order chi connectivity index (χ0) is 18.8. The molecule has 1 heterocycles. The molecular weight excluding hydrogens is 352 g/mol. The van der Waals surface area contributed by atoms with Crippen LogP contribution in [-0.2, 0) is 11.2 Å². The van der Waals surface area contributed by atoms with Gasteiger partial charge in [-0.05, 0) is 42.8 Å². The van der Waals surface area contributed by atoms with Crippen molar-refractivity contribution >= 4 is 23.5 Å². The van der Waals surface area contributed by atoms with Gasteiger partial charge < -0.3 is 14.2 Å². The lowest BCUT2D eigenvalue weighted by Crippen LogP contribution is -2.17. The van der Waals surface area contributed by atoms with Gasteiger partial charge >= 0.3 is 0 Å². The number of carbonyl (C=O) groups excluding carboxylic acids is 1. The van der Waals surface area contributed by atoms with Crippen molar-refractivity contribution in [2.45, 2.75) is 25.7 Å². The molecule has 0 saturated heterocycles. The number of aryl methyl sites for hydroxylation is 1. The molecule has 2 aromatic rings. The van der Waals surface area contributed by atoms with Crippen molar-refractivity contribution in [2.24, 2.45) is 5.10 Å². The van der Waals surface area contributed by atoms with Crippen molar-refractivity contribution in [1.82, 2.24) is 5.43 Å². The number of ether oxygens (including phenoxy) is 3. The highest BCUT2D eigenvalue weighted by Crippen LogP contribution is 2.37. The van der Waals surface area contributed by atoms with E-state index in [-0.39, 0.29) is 5.91 Å². The van der Waals surface area contributed by atoms with Gasteiger partial charge in [-0.25, -0.2) is 5.43 Å². The molecule has 2 rings (SSSR count). The Morgan fingerprint density at radius 2 is 1.88 bits per heavy atom. The summed E-state index contributed by atoms with van der Waals surface area (Å²) in [7, 11) is 4.65. The number of nitrogens with one attached hydrogen (secondary N) is 1. The molecule has 140 valence electrons. The molecule has 0 radical (unpaired) electrons. The zero-order valence-electron chi connectivity index (χ0n) is 15.3. The molecule has 7 heteroatoms. The summed E-state index contributed by atoms with van der Waals surface area (Å²) >= 11 is 1.75. The Balaban J connectivity index is 1.82. The third-order valence-corrected chi connectivity index (χ3v) is 4.68. The average molecular weight is 376 g/mol. The van der Waals surface area contributed by atoms with Gasteiger partial charge in [-0.2, -0.15) is 5.10 Å². The number of rotatable bonds is 10. The Morgan fingerprint density at radius 3 is 2.46 bits per heavy atom. The minimum Gasteiger partial charge on any atom is -0.493 e. The second-order valence-corrected chi connectivity index (χ2v) is 6.57. The van der Waals surface area contributed by atoms with Crippen LogP contribution in [0.5, 0.6) is 17.2 Å². The number of carbonyl (C=O) groups is 1. The van der Waals surface area contributed by atoms with E-state index in [1.165, 1.54) is 4.88 Å². The molecule has 0 aliphatic heterocycles. The Hall–Kier alpha value is -2.54. The van der Waals surface area contributed by atoms with E-state index in [0.717, 1.165) is 24.8 Å². The first kappa shape index (κ1) is 19.8. The first-order valence-corrected chi connectivity index (χ1v) is 9.20. The van der Waals surface area contributed by atoms with Crippen molar-refractivity contribution < 1.29 is 19.0 Å². The first-order chi connectivity index (χ1) is 12.7. The third-order valence-electron chi connectivity index (χ3n) is 3.75. The van der Waals surface area contributed by atoms with Gasteiger partial charge in [-0.15, -0.1) is 11.3 Å². The summed E-state index contributed by atoms with van der Waals surface area (Å²) in [6.07, 6.45) is 4.85. The molecule has 0 spiro atoms. The van der Waals surface area contributed by atoms with Crippen LogP contribution in [0.4, 0.5) is 0 Å². The summed E-state index contributed by atoms with van der Waals surface area (Å²) in [4.78, 5) is 13.2. The molecule has 0 bridgehead atoms. The smallest absolute Gasteiger partial charge is 0.240 e. The second kappa shape index (κ2) is 10.5. The van der Waals surface area contributed by atoms with Crippen LogP contribution in [0.1, 0.15) is 29.7 Å². The molecule has 1 N–H and O–H groups in total. The lowest BCUT2D eigenvalue weighted by molar-refractivity contribution is -0.121. The Kier molecular flexibility index (Phi) is 7.95. The average Bonchev–Trinajstić information content (AvgIpc) is 3.17. The van der Waals surface area contributed by atoms with E-state index >= 15 is 0 Å². The number of benzene rings is 1. The van der Waals surface area contributed by atoms with Gasteiger partial charge in [-0.1, -0.05) is 6.07 Å². The largest absolute Gasteiger partial charge is 0.493 e. The van der Waals surface area contributed by atoms with Crippen LogP contribution in [0.25, 0.3) is 0 Å². The fourth-order valence-electron chi connectivity index (χ4n) is 2.45. The van der Waals surface area contributed by atoms with Crippen molar-refractivity contribution in [2.75, 3.05) is 21.3 Å². The van der Waals surface area contributed by atoms with E-state index in [4.69, 9.17) is 14.2 Å². The Bertz CT molecular complexity index is 704. The lowest BCUT2D eigenvalue weighted by atomic mass is 10.1. The van der Waals surface area contributed by atoms with Gasteiger partial charge in [0.15, 0.2) is 11.5 Å². The summed E-state index contributed by atoms with van der Waals surface area (Å²) < 4.78 is 15.9. The summed E-state index contributed by atoms with van der Waals surface area (Å²) in [6, 6.07) is 7.69. The van der Waals surface area contributed by atoms with Crippen molar-refractivity contribution in [3.63, 3.8) is 0 Å². The van der Waals surface area contributed by atoms with E-state index in [1.54, 1.807) is 51.0 Å². The van der Waals surface area contributed by atoms with Gasteiger partial charge in [0.25, 0.3) is 0 Å². The number of hydrogen-bond donors (Lipinski definition) is 1. The first-order valence-electron chi connectivity index (χ1n) is 8.32. The lowest BCUT2D eigenvalue weighted by Gasteiger charge is -2.12. The number of amides is 1. The molecule has 26 heavy (non-hydrogen) atoms. The molecule has 0 unspecified atom stereocenters. The topological polar surface area (TPSA) is 69.2 Å². The van der Waals surface area contributed by atoms with Crippen LogP contribution in [0.3, 0.4) is 0 Å². The molecule has 1 aromatic heterocycles. The van der Waals surface area contributed by atoms with E-state index in [9.17, 15) is 4.79 Å². The highest BCUT2D eigenvalue weighted by molar-refractivity contribution is 7.09. The van der Waals surface area contributed by atoms with Crippen molar-refractivity contribution in [1.29, 1.82) is 0 Å². The SMILES string of the molecule is COc1cc(/C=N/NC(=O)CCCCc2cccs2)cc(OC)c1OC. The summed E-state index contributed by atoms with van der Waals surface area (Å²) in [5.74, 6) is 1.49. The fourth-order valence-corrected chi connectivity index (χ4v) is 3.20. The number of nitrogens with zero attached hydrogens (tertiary/aromatic N) is 1. The van der Waals surface area contributed by atoms with Crippen LogP contribution < -0.4 is 19.6 Å². The van der Waals surface area contributed by atoms with Crippen molar-refractivity contribution in [3.8, 4) is 17.2 Å². The molecule has 0 atom stereocenters. The van der Waals surface area contributed by atoms with Gasteiger partial charge in [0.1, 0.15) is 0 Å². The minimum atomic E-state index is -0.0973. The Morgan fingerprint density at radius 1 is 1.15 bits per heavy atom. The number of hydrogen-bond acceptors (Lipinski definition) is 6. The van der Waals surface area contributed by atoms with Crippen LogP contribution in [-0.4, -0.2) is 33.5 Å². The molecular formula is C19H24N2O4S. The maximum atomic E-state index is 11.8. The number of thiophene rings is 1. The monoisotopic (exact) mass is 376 g/mol. The minimum absolute atomic E-state index is 0.0973. The summed E-state index contributed by atoms with van der Waals surface area (Å²) in [6.45, 7) is 0. The second-order valence-electron chi connectivity index (χ2n) is 5.54. The predicted octanol–water partition coefficient (Wildman–Crippen LogP) is 3.64. The molecule has 1 amide bonds. The van der Waals surface area contributed by atoms with E-state index in [2.05, 4.69) is 22.0 Å². The maximum Gasteiger partial charge on any atom is 0.240 e. The van der Waals surface area contributed by atoms with Gasteiger partial charge in [0.05, 0.1) is 27.5 Å². The number of unbranched alkanes of at least 4 members (excludes halogenated alkanes) is 1.